The van der Waals surface area contributed by atoms with E-state index in [1.54, 1.807) is 13.1 Å². The zero-order valence-electron chi connectivity index (χ0n) is 12.4. The summed E-state index contributed by atoms with van der Waals surface area (Å²) in [4.78, 5) is 23.7. The Bertz CT molecular complexity index is 532. The number of carbonyl (C=O) groups excluding carboxylic acids is 1. The molecule has 0 unspecified atom stereocenters. The molecule has 2 rings (SSSR count). The van der Waals surface area contributed by atoms with Gasteiger partial charge in [0.15, 0.2) is 0 Å². The zero-order chi connectivity index (χ0) is 15.5. The fraction of sp³-hybridized carbons (Fsp3) is 0.643. The highest BCUT2D eigenvalue weighted by atomic mass is 16.5. The fourth-order valence-corrected chi connectivity index (χ4v) is 2.48. The maximum Gasteiger partial charge on any atom is 0.311 e. The maximum absolute atomic E-state index is 12.2. The standard InChI is InChI=1S/C14H21N3O4/c1-3-10-8-11(17(2)16-10)12(18)15-9-14(13(19)20)4-6-21-7-5-14/h8H,3-7,9H2,1-2H3,(H,15,18)(H,19,20). The van der Waals surface area contributed by atoms with Gasteiger partial charge in [0.25, 0.3) is 5.91 Å². The van der Waals surface area contributed by atoms with Crippen LogP contribution in [0, 0.1) is 5.41 Å². The van der Waals surface area contributed by atoms with Gasteiger partial charge < -0.3 is 15.2 Å². The van der Waals surface area contributed by atoms with Crippen LogP contribution in [0.15, 0.2) is 6.07 Å². The van der Waals surface area contributed by atoms with Crippen LogP contribution in [0.4, 0.5) is 0 Å². The maximum atomic E-state index is 12.2. The van der Waals surface area contributed by atoms with Crippen LogP contribution in [-0.4, -0.2) is 46.5 Å². The molecule has 0 radical (unpaired) electrons. The molecule has 1 aliphatic heterocycles. The number of nitrogens with zero attached hydrogens (tertiary/aromatic N) is 2. The first-order chi connectivity index (χ1) is 9.98. The molecule has 1 fully saturated rings. The molecule has 1 amide bonds. The smallest absolute Gasteiger partial charge is 0.311 e. The second-order valence-electron chi connectivity index (χ2n) is 5.38. The molecule has 7 heteroatoms. The van der Waals surface area contributed by atoms with Gasteiger partial charge in [0.2, 0.25) is 0 Å². The summed E-state index contributed by atoms with van der Waals surface area (Å²) in [5, 5.41) is 16.4. The quantitative estimate of drug-likeness (QED) is 0.829. The molecule has 0 atom stereocenters. The van der Waals surface area contributed by atoms with Crippen molar-refractivity contribution in [2.45, 2.75) is 26.2 Å². The Kier molecular flexibility index (Phi) is 4.62. The van der Waals surface area contributed by atoms with Crippen molar-refractivity contribution in [1.82, 2.24) is 15.1 Å². The molecule has 0 saturated carbocycles. The van der Waals surface area contributed by atoms with E-state index in [2.05, 4.69) is 10.4 Å². The Morgan fingerprint density at radius 1 is 1.48 bits per heavy atom. The lowest BCUT2D eigenvalue weighted by Crippen LogP contribution is -2.46. The lowest BCUT2D eigenvalue weighted by atomic mass is 9.80. The molecule has 7 nitrogen and oxygen atoms in total. The lowest BCUT2D eigenvalue weighted by Gasteiger charge is -2.33. The first kappa shape index (κ1) is 15.5. The molecular weight excluding hydrogens is 274 g/mol. The van der Waals surface area contributed by atoms with Crippen LogP contribution in [0.5, 0.6) is 0 Å². The largest absolute Gasteiger partial charge is 0.481 e. The van der Waals surface area contributed by atoms with E-state index in [1.165, 1.54) is 4.68 Å². The van der Waals surface area contributed by atoms with Gasteiger partial charge in [-0.1, -0.05) is 6.92 Å². The number of rotatable bonds is 5. The molecule has 21 heavy (non-hydrogen) atoms. The molecule has 1 aromatic heterocycles. The van der Waals surface area contributed by atoms with Crippen molar-refractivity contribution in [3.05, 3.63) is 17.5 Å². The van der Waals surface area contributed by atoms with E-state index in [9.17, 15) is 14.7 Å². The topological polar surface area (TPSA) is 93.5 Å². The van der Waals surface area contributed by atoms with E-state index in [0.717, 1.165) is 12.1 Å². The Hall–Kier alpha value is -1.89. The number of carboxylic acids is 1. The van der Waals surface area contributed by atoms with Gasteiger partial charge in [-0.25, -0.2) is 0 Å². The molecule has 0 spiro atoms. The van der Waals surface area contributed by atoms with Crippen LogP contribution < -0.4 is 5.32 Å². The van der Waals surface area contributed by atoms with Gasteiger partial charge in [-0.15, -0.1) is 0 Å². The van der Waals surface area contributed by atoms with E-state index >= 15 is 0 Å². The van der Waals surface area contributed by atoms with Crippen molar-refractivity contribution in [3.63, 3.8) is 0 Å². The van der Waals surface area contributed by atoms with Crippen molar-refractivity contribution in [2.24, 2.45) is 12.5 Å². The van der Waals surface area contributed by atoms with E-state index in [1.807, 2.05) is 6.92 Å². The second kappa shape index (κ2) is 6.26. The Labute approximate surface area is 123 Å². The highest BCUT2D eigenvalue weighted by Gasteiger charge is 2.40. The number of carboxylic acid groups (broad SMARTS) is 1. The number of aliphatic carboxylic acids is 1. The lowest BCUT2D eigenvalue weighted by molar-refractivity contribution is -0.154. The van der Waals surface area contributed by atoms with Gasteiger partial charge in [0.1, 0.15) is 5.69 Å². The minimum absolute atomic E-state index is 0.108. The third-order valence-corrected chi connectivity index (χ3v) is 4.02. The molecular formula is C14H21N3O4. The molecule has 1 aliphatic rings. The van der Waals surface area contributed by atoms with Crippen molar-refractivity contribution in [2.75, 3.05) is 19.8 Å². The molecule has 2 N–H and O–H groups in total. The van der Waals surface area contributed by atoms with E-state index in [-0.39, 0.29) is 12.5 Å². The van der Waals surface area contributed by atoms with Crippen LogP contribution in [0.25, 0.3) is 0 Å². The Morgan fingerprint density at radius 2 is 2.14 bits per heavy atom. The minimum Gasteiger partial charge on any atom is -0.481 e. The zero-order valence-corrected chi connectivity index (χ0v) is 12.4. The summed E-state index contributed by atoms with van der Waals surface area (Å²) >= 11 is 0. The van der Waals surface area contributed by atoms with Gasteiger partial charge in [-0.2, -0.15) is 5.10 Å². The number of hydrogen-bond donors (Lipinski definition) is 2. The van der Waals surface area contributed by atoms with Gasteiger partial charge in [-0.05, 0) is 25.3 Å². The van der Waals surface area contributed by atoms with Gasteiger partial charge in [-0.3, -0.25) is 14.3 Å². The molecule has 0 aromatic carbocycles. The van der Waals surface area contributed by atoms with Crippen LogP contribution in [-0.2, 0) is 23.0 Å². The summed E-state index contributed by atoms with van der Waals surface area (Å²) in [6, 6.07) is 1.73. The molecule has 2 heterocycles. The third kappa shape index (κ3) is 3.24. The Balaban J connectivity index is 2.05. The van der Waals surface area contributed by atoms with Crippen LogP contribution in [0.3, 0.4) is 0 Å². The second-order valence-corrected chi connectivity index (χ2v) is 5.38. The Morgan fingerprint density at radius 3 is 2.67 bits per heavy atom. The average molecular weight is 295 g/mol. The summed E-state index contributed by atoms with van der Waals surface area (Å²) in [5.41, 5.74) is 0.348. The summed E-state index contributed by atoms with van der Waals surface area (Å²) in [6.45, 7) is 2.89. The van der Waals surface area contributed by atoms with Gasteiger partial charge in [0.05, 0.1) is 11.1 Å². The summed E-state index contributed by atoms with van der Waals surface area (Å²) in [7, 11) is 1.70. The predicted octanol–water partition coefficient (Wildman–Crippen LogP) is 0.594. The predicted molar refractivity (Wildman–Crippen MR) is 75.0 cm³/mol. The minimum atomic E-state index is -0.930. The van der Waals surface area contributed by atoms with Crippen molar-refractivity contribution in [1.29, 1.82) is 0 Å². The fourth-order valence-electron chi connectivity index (χ4n) is 2.48. The number of amides is 1. The van der Waals surface area contributed by atoms with E-state index < -0.39 is 11.4 Å². The van der Waals surface area contributed by atoms with Crippen molar-refractivity contribution >= 4 is 11.9 Å². The molecule has 1 saturated heterocycles. The average Bonchev–Trinajstić information content (AvgIpc) is 2.87. The van der Waals surface area contributed by atoms with Gasteiger partial charge in [0, 0.05) is 26.8 Å². The third-order valence-electron chi connectivity index (χ3n) is 4.02. The number of aryl methyl sites for hydroxylation is 2. The van der Waals surface area contributed by atoms with E-state index in [0.29, 0.717) is 31.7 Å². The highest BCUT2D eigenvalue weighted by molar-refractivity contribution is 5.93. The first-order valence-corrected chi connectivity index (χ1v) is 7.11. The summed E-state index contributed by atoms with van der Waals surface area (Å²) in [5.74, 6) is -1.18. The number of ether oxygens (including phenoxy) is 1. The first-order valence-electron chi connectivity index (χ1n) is 7.11. The molecule has 0 bridgehead atoms. The van der Waals surface area contributed by atoms with Crippen molar-refractivity contribution in [3.8, 4) is 0 Å². The normalized spacial score (nSPS) is 17.4. The van der Waals surface area contributed by atoms with Crippen LogP contribution >= 0.6 is 0 Å². The number of nitrogens with one attached hydrogen (secondary N) is 1. The summed E-state index contributed by atoms with van der Waals surface area (Å²) < 4.78 is 6.73. The summed E-state index contributed by atoms with van der Waals surface area (Å²) in [6.07, 6.45) is 1.57. The van der Waals surface area contributed by atoms with Crippen molar-refractivity contribution < 1.29 is 19.4 Å². The monoisotopic (exact) mass is 295 g/mol. The van der Waals surface area contributed by atoms with Crippen LogP contribution in [0.1, 0.15) is 35.9 Å². The molecule has 116 valence electrons. The number of aromatic nitrogens is 2. The number of hydrogen-bond acceptors (Lipinski definition) is 4. The SMILES string of the molecule is CCc1cc(C(=O)NCC2(C(=O)O)CCOCC2)n(C)n1. The highest BCUT2D eigenvalue weighted by Crippen LogP contribution is 2.30. The van der Waals surface area contributed by atoms with E-state index in [4.69, 9.17) is 4.74 Å². The molecule has 1 aromatic rings. The van der Waals surface area contributed by atoms with Crippen LogP contribution in [0.2, 0.25) is 0 Å². The number of carbonyl (C=O) groups is 2. The van der Waals surface area contributed by atoms with Gasteiger partial charge >= 0.3 is 5.97 Å². The molecule has 0 aliphatic carbocycles.